The zero-order valence-electron chi connectivity index (χ0n) is 5.40. The zero-order valence-corrected chi connectivity index (χ0v) is 7.04. The maximum Gasteiger partial charge on any atom is 0.329 e. The van der Waals surface area contributed by atoms with E-state index in [9.17, 15) is 4.79 Å². The highest BCUT2D eigenvalue weighted by atomic mass is 35.5. The Balaban J connectivity index is 0.000000810. The molecule has 0 fully saturated rings. The predicted octanol–water partition coefficient (Wildman–Crippen LogP) is 1.03. The summed E-state index contributed by atoms with van der Waals surface area (Å²) in [4.78, 5) is 14.1. The maximum absolute atomic E-state index is 10.2. The van der Waals surface area contributed by atoms with Crippen molar-refractivity contribution in [3.05, 3.63) is 0 Å². The van der Waals surface area contributed by atoms with Gasteiger partial charge in [-0.15, -0.1) is 24.2 Å². The van der Waals surface area contributed by atoms with E-state index in [1.54, 1.807) is 0 Å². The van der Waals surface area contributed by atoms with Crippen LogP contribution in [0.3, 0.4) is 0 Å². The van der Waals surface area contributed by atoms with Crippen molar-refractivity contribution in [1.29, 1.82) is 0 Å². The van der Waals surface area contributed by atoms with Gasteiger partial charge in [-0.2, -0.15) is 0 Å². The molecule has 5 heteroatoms. The maximum atomic E-state index is 10.2. The molecule has 3 nitrogen and oxygen atoms in total. The number of rotatable bonds is 1. The van der Waals surface area contributed by atoms with Crippen LogP contribution in [-0.4, -0.2) is 27.9 Å². The van der Waals surface area contributed by atoms with Crippen molar-refractivity contribution in [2.75, 3.05) is 5.75 Å². The summed E-state index contributed by atoms with van der Waals surface area (Å²) in [6, 6.07) is -0.491. The number of aliphatic carboxylic acids is 1. The zero-order chi connectivity index (χ0) is 6.85. The van der Waals surface area contributed by atoms with Gasteiger partial charge in [0.05, 0.1) is 5.04 Å². The molecule has 1 aliphatic rings. The van der Waals surface area contributed by atoms with E-state index < -0.39 is 12.0 Å². The number of carboxylic acids is 1. The summed E-state index contributed by atoms with van der Waals surface area (Å²) in [5.74, 6) is -0.222. The molecule has 1 heterocycles. The van der Waals surface area contributed by atoms with E-state index >= 15 is 0 Å². The molecular weight excluding hydrogens is 174 g/mol. The number of thioether (sulfide) groups is 1. The fourth-order valence-corrected chi connectivity index (χ4v) is 1.44. The lowest BCUT2D eigenvalue weighted by Gasteiger charge is -1.93. The number of hydrogen-bond acceptors (Lipinski definition) is 3. The average Bonchev–Trinajstić information content (AvgIpc) is 2.14. The highest BCUT2D eigenvalue weighted by molar-refractivity contribution is 8.14. The van der Waals surface area contributed by atoms with E-state index in [0.717, 1.165) is 5.04 Å². The number of nitrogens with zero attached hydrogens (tertiary/aromatic N) is 1. The number of carboxylic acid groups (broad SMARTS) is 1. The van der Waals surface area contributed by atoms with Crippen LogP contribution in [0.25, 0.3) is 0 Å². The molecule has 58 valence electrons. The summed E-state index contributed by atoms with van der Waals surface area (Å²) in [5.41, 5.74) is 0. The minimum Gasteiger partial charge on any atom is -0.480 e. The quantitative estimate of drug-likeness (QED) is 0.658. The van der Waals surface area contributed by atoms with Gasteiger partial charge in [0.2, 0.25) is 0 Å². The van der Waals surface area contributed by atoms with Gasteiger partial charge < -0.3 is 5.11 Å². The molecule has 0 aliphatic carbocycles. The summed E-state index contributed by atoms with van der Waals surface area (Å²) in [5, 5.41) is 9.29. The molecule has 0 bridgehead atoms. The Bertz CT molecular complexity index is 171. The fraction of sp³-hybridized carbons (Fsp3) is 0.600. The van der Waals surface area contributed by atoms with Gasteiger partial charge in [-0.3, -0.25) is 4.99 Å². The first-order valence-electron chi connectivity index (χ1n) is 2.60. The van der Waals surface area contributed by atoms with Gasteiger partial charge in [-0.25, -0.2) is 4.79 Å². The topological polar surface area (TPSA) is 49.7 Å². The summed E-state index contributed by atoms with van der Waals surface area (Å²) >= 11 is 1.50. The van der Waals surface area contributed by atoms with Gasteiger partial charge in [0, 0.05) is 5.75 Å². The van der Waals surface area contributed by atoms with Crippen LogP contribution in [0.1, 0.15) is 6.92 Å². The molecule has 0 radical (unpaired) electrons. The van der Waals surface area contributed by atoms with Crippen LogP contribution < -0.4 is 0 Å². The monoisotopic (exact) mass is 181 g/mol. The van der Waals surface area contributed by atoms with Crippen LogP contribution in [0.4, 0.5) is 0 Å². The van der Waals surface area contributed by atoms with Crippen LogP contribution in [0.2, 0.25) is 0 Å². The van der Waals surface area contributed by atoms with Crippen LogP contribution in [0.15, 0.2) is 4.99 Å². The van der Waals surface area contributed by atoms with Crippen LogP contribution in [-0.2, 0) is 4.79 Å². The second-order valence-corrected chi connectivity index (χ2v) is 3.03. The molecule has 1 atom stereocenters. The van der Waals surface area contributed by atoms with E-state index in [0.29, 0.717) is 5.75 Å². The van der Waals surface area contributed by atoms with Crippen LogP contribution in [0.5, 0.6) is 0 Å². The predicted molar refractivity (Wildman–Crippen MR) is 44.2 cm³/mol. The Morgan fingerprint density at radius 3 is 2.70 bits per heavy atom. The Hall–Kier alpha value is -0.220. The first kappa shape index (κ1) is 9.78. The first-order chi connectivity index (χ1) is 4.20. The third-order valence-corrected chi connectivity index (χ3v) is 2.08. The Labute approximate surface area is 69.3 Å². The second-order valence-electron chi connectivity index (χ2n) is 1.81. The van der Waals surface area contributed by atoms with Crippen molar-refractivity contribution in [2.24, 2.45) is 4.99 Å². The van der Waals surface area contributed by atoms with Crippen molar-refractivity contribution in [3.63, 3.8) is 0 Å². The molecule has 0 aromatic heterocycles. The van der Waals surface area contributed by atoms with Crippen LogP contribution in [0, 0.1) is 0 Å². The first-order valence-corrected chi connectivity index (χ1v) is 3.58. The van der Waals surface area contributed by atoms with Gasteiger partial charge in [0.1, 0.15) is 0 Å². The van der Waals surface area contributed by atoms with Crippen molar-refractivity contribution in [2.45, 2.75) is 13.0 Å². The van der Waals surface area contributed by atoms with Crippen LogP contribution >= 0.6 is 24.2 Å². The largest absolute Gasteiger partial charge is 0.480 e. The normalized spacial score (nSPS) is 23.3. The number of hydrogen-bond donors (Lipinski definition) is 1. The average molecular weight is 182 g/mol. The lowest BCUT2D eigenvalue weighted by Crippen LogP contribution is -2.16. The molecule has 1 N–H and O–H groups in total. The third kappa shape index (κ3) is 2.19. The van der Waals surface area contributed by atoms with Gasteiger partial charge in [0.15, 0.2) is 6.04 Å². The number of aliphatic imine (C=N–C) groups is 1. The van der Waals surface area contributed by atoms with E-state index in [-0.39, 0.29) is 12.4 Å². The van der Waals surface area contributed by atoms with Gasteiger partial charge in [-0.05, 0) is 6.92 Å². The number of carbonyl (C=O) groups is 1. The van der Waals surface area contributed by atoms with Crippen molar-refractivity contribution >= 4 is 35.2 Å². The second kappa shape index (κ2) is 3.83. The number of halogens is 1. The Morgan fingerprint density at radius 1 is 1.90 bits per heavy atom. The molecule has 0 aromatic carbocycles. The minimum absolute atomic E-state index is 0. The van der Waals surface area contributed by atoms with E-state index in [1.807, 2.05) is 6.92 Å². The third-order valence-electron chi connectivity index (χ3n) is 1.07. The molecule has 1 unspecified atom stereocenters. The van der Waals surface area contributed by atoms with E-state index in [2.05, 4.69) is 4.99 Å². The summed E-state index contributed by atoms with van der Waals surface area (Å²) in [6.07, 6.45) is 0. The van der Waals surface area contributed by atoms with Crippen molar-refractivity contribution in [1.82, 2.24) is 0 Å². The lowest BCUT2D eigenvalue weighted by atomic mass is 10.4. The molecule has 0 saturated heterocycles. The molecule has 0 aromatic rings. The van der Waals surface area contributed by atoms with Crippen molar-refractivity contribution in [3.8, 4) is 0 Å². The van der Waals surface area contributed by atoms with E-state index in [1.165, 1.54) is 11.8 Å². The minimum atomic E-state index is -0.820. The standard InChI is InChI=1S/C5H7NO2S.ClH/c1-3-6-4(2-9-3)5(7)8;/h4H,2H2,1H3,(H,7,8);1H. The smallest absolute Gasteiger partial charge is 0.329 e. The summed E-state index contributed by atoms with van der Waals surface area (Å²) in [6.45, 7) is 1.83. The molecule has 0 spiro atoms. The molecular formula is C5H8ClNO2S. The summed E-state index contributed by atoms with van der Waals surface area (Å²) < 4.78 is 0. The molecule has 1 aliphatic heterocycles. The van der Waals surface area contributed by atoms with Gasteiger partial charge >= 0.3 is 5.97 Å². The highest BCUT2D eigenvalue weighted by Crippen LogP contribution is 2.16. The Kier molecular flexibility index (Phi) is 3.75. The molecule has 1 rings (SSSR count). The molecule has 0 saturated carbocycles. The van der Waals surface area contributed by atoms with Crippen molar-refractivity contribution < 1.29 is 9.90 Å². The SMILES string of the molecule is CC1=NC(C(=O)O)CS1.Cl. The summed E-state index contributed by atoms with van der Waals surface area (Å²) in [7, 11) is 0. The molecule has 10 heavy (non-hydrogen) atoms. The molecule has 0 amide bonds. The van der Waals surface area contributed by atoms with Gasteiger partial charge in [0.25, 0.3) is 0 Å². The van der Waals surface area contributed by atoms with E-state index in [4.69, 9.17) is 5.11 Å². The lowest BCUT2D eigenvalue weighted by molar-refractivity contribution is -0.137. The Morgan fingerprint density at radius 2 is 2.50 bits per heavy atom. The highest BCUT2D eigenvalue weighted by Gasteiger charge is 2.21. The van der Waals surface area contributed by atoms with Gasteiger partial charge in [-0.1, -0.05) is 0 Å². The fourth-order valence-electron chi connectivity index (χ4n) is 0.620.